The van der Waals surface area contributed by atoms with Crippen molar-refractivity contribution in [3.05, 3.63) is 54.1 Å². The lowest BCUT2D eigenvalue weighted by molar-refractivity contribution is -0.132. The number of carbonyl (C=O) groups excluding carboxylic acids is 3. The lowest BCUT2D eigenvalue weighted by atomic mass is 9.81. The Morgan fingerprint density at radius 3 is 2.23 bits per heavy atom. The molecule has 1 unspecified atom stereocenters. The molecule has 5 N–H and O–H groups in total. The molecular weight excluding hydrogens is 679 g/mol. The van der Waals surface area contributed by atoms with Crippen molar-refractivity contribution in [2.24, 2.45) is 23.7 Å². The topological polar surface area (TPSA) is 170 Å². The summed E-state index contributed by atoms with van der Waals surface area (Å²) in [5, 5.41) is 20.7. The number of hydrogen-bond acceptors (Lipinski definition) is 7. The van der Waals surface area contributed by atoms with E-state index in [1.807, 2.05) is 44.2 Å². The van der Waals surface area contributed by atoms with Gasteiger partial charge in [0, 0.05) is 30.8 Å². The molecule has 52 heavy (non-hydrogen) atoms. The van der Waals surface area contributed by atoms with Crippen LogP contribution in [0.2, 0.25) is 0 Å². The quantitative estimate of drug-likeness (QED) is 0.111. The van der Waals surface area contributed by atoms with Crippen LogP contribution in [0.25, 0.3) is 0 Å². The number of aliphatic hydroxyl groups excluding tert-OH is 1. The van der Waals surface area contributed by atoms with Crippen LogP contribution in [-0.2, 0) is 37.1 Å². The van der Waals surface area contributed by atoms with Gasteiger partial charge >= 0.3 is 0 Å². The molecule has 1 saturated carbocycles. The number of aliphatic hydroxyl groups is 1. The molecule has 11 nitrogen and oxygen atoms in total. The first kappa shape index (κ1) is 44.9. The molecule has 2 aromatic rings. The number of imidazole rings is 1. The molecule has 3 amide bonds. The summed E-state index contributed by atoms with van der Waals surface area (Å²) in [7, 11) is -3.69. The largest absolute Gasteiger partial charge is 0.391 e. The molecular formula is C40H67N5O6S. The van der Waals surface area contributed by atoms with E-state index in [0.29, 0.717) is 24.6 Å². The highest BCUT2D eigenvalue weighted by Gasteiger charge is 2.37. The molecule has 1 aliphatic carbocycles. The maximum absolute atomic E-state index is 14.2. The normalized spacial score (nSPS) is 16.9. The highest BCUT2D eigenvalue weighted by molar-refractivity contribution is 7.92. The maximum atomic E-state index is 14.2. The van der Waals surface area contributed by atoms with E-state index < -0.39 is 56.4 Å². The number of aromatic amines is 1. The van der Waals surface area contributed by atoms with Crippen LogP contribution in [0.1, 0.15) is 118 Å². The fourth-order valence-electron chi connectivity index (χ4n) is 6.76. The standard InChI is InChI=1S/C39H63N5O6S.CH4/c1-7-8-19-41-37(47)32(27(2)3)23-35(45)33(21-29-17-13-10-14-18-29)43-38(48)34(22-31-24-40-26-42-31)44-36(46)30(20-28-15-11-9-12-16-28)25-51(49,50)39(4,5)6;/h9,11-12,15-16,24,26-27,29-30,32-35,45H,7-8,10,13-14,17-23,25H2,1-6H3,(H,40,42)(H,41,47)(H,43,48)(H,44,46);1H4/t30-,32+,33?,34+,35+;/m1./s1. The molecule has 0 spiro atoms. The minimum absolute atomic E-state index is 0. The number of amides is 3. The van der Waals surface area contributed by atoms with Crippen molar-refractivity contribution in [2.45, 2.75) is 143 Å². The van der Waals surface area contributed by atoms with Crippen molar-refractivity contribution in [3.8, 4) is 0 Å². The first-order valence-corrected chi connectivity index (χ1v) is 20.6. The van der Waals surface area contributed by atoms with E-state index in [-0.39, 0.29) is 44.3 Å². The van der Waals surface area contributed by atoms with Crippen LogP contribution in [0, 0.1) is 23.7 Å². The van der Waals surface area contributed by atoms with E-state index in [1.54, 1.807) is 27.0 Å². The molecule has 0 radical (unpaired) electrons. The zero-order valence-electron chi connectivity index (χ0n) is 31.6. The number of carbonyl (C=O) groups is 3. The summed E-state index contributed by atoms with van der Waals surface area (Å²) < 4.78 is 25.7. The Morgan fingerprint density at radius 2 is 1.65 bits per heavy atom. The molecule has 294 valence electrons. The van der Waals surface area contributed by atoms with Gasteiger partial charge < -0.3 is 26.0 Å². The average Bonchev–Trinajstić information content (AvgIpc) is 3.59. The van der Waals surface area contributed by atoms with Gasteiger partial charge in [-0.1, -0.05) is 97.1 Å². The van der Waals surface area contributed by atoms with Gasteiger partial charge in [0.2, 0.25) is 17.7 Å². The number of aromatic nitrogens is 2. The molecule has 0 bridgehead atoms. The lowest BCUT2D eigenvalue weighted by Crippen LogP contribution is -2.55. The second-order valence-corrected chi connectivity index (χ2v) is 18.6. The van der Waals surface area contributed by atoms with E-state index in [1.165, 1.54) is 6.33 Å². The van der Waals surface area contributed by atoms with Crippen LogP contribution in [0.3, 0.4) is 0 Å². The van der Waals surface area contributed by atoms with Crippen molar-refractivity contribution in [3.63, 3.8) is 0 Å². The summed E-state index contributed by atoms with van der Waals surface area (Å²) in [5.41, 5.74) is 1.43. The van der Waals surface area contributed by atoms with Crippen molar-refractivity contribution < 1.29 is 27.9 Å². The number of nitrogens with one attached hydrogen (secondary N) is 4. The number of rotatable bonds is 20. The zero-order chi connectivity index (χ0) is 37.6. The van der Waals surface area contributed by atoms with Crippen LogP contribution in [0.15, 0.2) is 42.9 Å². The summed E-state index contributed by atoms with van der Waals surface area (Å²) in [4.78, 5) is 48.6. The molecule has 5 atom stereocenters. The monoisotopic (exact) mass is 745 g/mol. The third-order valence-corrected chi connectivity index (χ3v) is 12.9. The van der Waals surface area contributed by atoms with Crippen molar-refractivity contribution in [1.82, 2.24) is 25.9 Å². The van der Waals surface area contributed by atoms with E-state index in [4.69, 9.17) is 0 Å². The summed E-state index contributed by atoms with van der Waals surface area (Å²) in [6, 6.07) is 7.52. The minimum Gasteiger partial charge on any atom is -0.391 e. The summed E-state index contributed by atoms with van der Waals surface area (Å²) >= 11 is 0. The Bertz CT molecular complexity index is 1450. The van der Waals surface area contributed by atoms with E-state index >= 15 is 0 Å². The van der Waals surface area contributed by atoms with E-state index in [9.17, 15) is 27.9 Å². The third kappa shape index (κ3) is 14.3. The third-order valence-electron chi connectivity index (χ3n) is 10.2. The van der Waals surface area contributed by atoms with Gasteiger partial charge in [0.25, 0.3) is 0 Å². The van der Waals surface area contributed by atoms with Crippen LogP contribution in [0.4, 0.5) is 0 Å². The fourth-order valence-corrected chi connectivity index (χ4v) is 8.06. The summed E-state index contributed by atoms with van der Waals surface area (Å²) in [6.07, 6.45) is 10.3. The molecule has 1 fully saturated rings. The molecule has 12 heteroatoms. The zero-order valence-corrected chi connectivity index (χ0v) is 32.4. The Morgan fingerprint density at radius 1 is 0.981 bits per heavy atom. The van der Waals surface area contributed by atoms with Crippen molar-refractivity contribution in [2.75, 3.05) is 12.3 Å². The van der Waals surface area contributed by atoms with Crippen LogP contribution < -0.4 is 16.0 Å². The summed E-state index contributed by atoms with van der Waals surface area (Å²) in [6.45, 7) is 11.4. The number of H-pyrrole nitrogens is 1. The van der Waals surface area contributed by atoms with Gasteiger partial charge in [-0.2, -0.15) is 0 Å². The van der Waals surface area contributed by atoms with E-state index in [0.717, 1.165) is 50.5 Å². The molecule has 3 rings (SSSR count). The van der Waals surface area contributed by atoms with E-state index in [2.05, 4.69) is 32.8 Å². The first-order chi connectivity index (χ1) is 24.1. The maximum Gasteiger partial charge on any atom is 0.243 e. The van der Waals surface area contributed by atoms with Gasteiger partial charge in [0.1, 0.15) is 6.04 Å². The second-order valence-electron chi connectivity index (χ2n) is 15.8. The van der Waals surface area contributed by atoms with Crippen molar-refractivity contribution >= 4 is 27.6 Å². The number of sulfone groups is 1. The fraction of sp³-hybridized carbons (Fsp3) is 0.700. The van der Waals surface area contributed by atoms with Crippen LogP contribution >= 0.6 is 0 Å². The Balaban J connectivity index is 0.00000936. The Labute approximate surface area is 313 Å². The number of hydrogen-bond donors (Lipinski definition) is 5. The smallest absolute Gasteiger partial charge is 0.243 e. The minimum atomic E-state index is -3.69. The highest BCUT2D eigenvalue weighted by atomic mass is 32.2. The van der Waals surface area contributed by atoms with Gasteiger partial charge in [0.05, 0.1) is 34.9 Å². The van der Waals surface area contributed by atoms with Gasteiger partial charge in [-0.3, -0.25) is 14.4 Å². The average molecular weight is 746 g/mol. The predicted octanol–water partition coefficient (Wildman–Crippen LogP) is 5.54. The lowest BCUT2D eigenvalue weighted by Gasteiger charge is -2.33. The predicted molar refractivity (Wildman–Crippen MR) is 208 cm³/mol. The SMILES string of the molecule is C.CCCCNC(=O)[C@@H](C[C@H](O)C(CC1CCCCC1)NC(=O)[C@H](Cc1cnc[nH]1)NC(=O)[C@H](Cc1ccccc1)CS(=O)(=O)C(C)(C)C)C(C)C. The number of nitrogens with zero attached hydrogens (tertiary/aromatic N) is 1. The number of benzene rings is 1. The van der Waals surface area contributed by atoms with Crippen LogP contribution in [0.5, 0.6) is 0 Å². The summed E-state index contributed by atoms with van der Waals surface area (Å²) in [5.74, 6) is -2.60. The highest BCUT2D eigenvalue weighted by Crippen LogP contribution is 2.30. The first-order valence-electron chi connectivity index (χ1n) is 18.9. The van der Waals surface area contributed by atoms with Gasteiger partial charge in [-0.05, 0) is 63.9 Å². The van der Waals surface area contributed by atoms with Crippen molar-refractivity contribution in [1.29, 1.82) is 0 Å². The second kappa shape index (κ2) is 21.5. The molecule has 0 aliphatic heterocycles. The number of unbranched alkanes of at least 4 members (excludes halogenated alkanes) is 1. The molecule has 1 aromatic heterocycles. The van der Waals surface area contributed by atoms with Gasteiger partial charge in [-0.25, -0.2) is 13.4 Å². The van der Waals surface area contributed by atoms with Gasteiger partial charge in [-0.15, -0.1) is 0 Å². The molecule has 0 saturated heterocycles. The molecule has 1 aromatic carbocycles. The van der Waals surface area contributed by atoms with Crippen LogP contribution in [-0.4, -0.2) is 76.4 Å². The van der Waals surface area contributed by atoms with Gasteiger partial charge in [0.15, 0.2) is 9.84 Å². The molecule has 1 aliphatic rings. The Hall–Kier alpha value is -3.25. The Kier molecular flexibility index (Phi) is 18.5. The molecule has 1 heterocycles.